The molecule has 0 radical (unpaired) electrons. The van der Waals surface area contributed by atoms with Crippen molar-refractivity contribution in [3.05, 3.63) is 108 Å². The predicted octanol–water partition coefficient (Wildman–Crippen LogP) is 6.48. The maximum absolute atomic E-state index is 13.8. The number of ether oxygens (including phenoxy) is 2. The molecule has 4 aromatic carbocycles. The maximum atomic E-state index is 13.8. The molecule has 0 atom stereocenters. The molecule has 1 N–H and O–H groups in total. The molecule has 0 aliphatic rings. The Bertz CT molecular complexity index is 1530. The van der Waals surface area contributed by atoms with Gasteiger partial charge in [0, 0.05) is 15.7 Å². The number of para-hydroxylation sites is 3. The topological polar surface area (TPSA) is 84.9 Å². The van der Waals surface area contributed by atoms with Crippen LogP contribution in [0.5, 0.6) is 11.5 Å². The summed E-state index contributed by atoms with van der Waals surface area (Å²) in [7, 11) is -1.19. The van der Waals surface area contributed by atoms with Crippen molar-refractivity contribution in [2.75, 3.05) is 30.4 Å². The molecular formula is C29H27ClN2O5S2. The number of methoxy groups -OCH3 is 2. The van der Waals surface area contributed by atoms with Gasteiger partial charge in [-0.2, -0.15) is 0 Å². The van der Waals surface area contributed by atoms with E-state index in [1.54, 1.807) is 54.2 Å². The molecule has 0 aliphatic carbocycles. The lowest BCUT2D eigenvalue weighted by atomic mass is 10.2. The first-order chi connectivity index (χ1) is 18.8. The van der Waals surface area contributed by atoms with Gasteiger partial charge in [-0.15, -0.1) is 11.8 Å². The first kappa shape index (κ1) is 28.4. The quantitative estimate of drug-likeness (QED) is 0.204. The lowest BCUT2D eigenvalue weighted by Crippen LogP contribution is -2.38. The summed E-state index contributed by atoms with van der Waals surface area (Å²) in [5, 5.41) is 3.55. The summed E-state index contributed by atoms with van der Waals surface area (Å²) < 4.78 is 39.2. The second-order valence-electron chi connectivity index (χ2n) is 8.32. The molecule has 1 amide bonds. The zero-order valence-electron chi connectivity index (χ0n) is 21.3. The normalized spacial score (nSPS) is 11.1. The lowest BCUT2D eigenvalue weighted by molar-refractivity contribution is -0.114. The van der Waals surface area contributed by atoms with E-state index in [-0.39, 0.29) is 10.6 Å². The minimum Gasteiger partial charge on any atom is -0.497 e. The van der Waals surface area contributed by atoms with Gasteiger partial charge >= 0.3 is 0 Å². The summed E-state index contributed by atoms with van der Waals surface area (Å²) >= 11 is 7.54. The highest BCUT2D eigenvalue weighted by Gasteiger charge is 2.29. The maximum Gasteiger partial charge on any atom is 0.264 e. The van der Waals surface area contributed by atoms with Gasteiger partial charge in [0.2, 0.25) is 5.91 Å². The fourth-order valence-corrected chi connectivity index (χ4v) is 6.29. The standard InChI is InChI=1S/C29H27ClN2O5S2/c1-36-23-15-17-24(18-16-23)39(34,35)32(26-8-4-5-9-27(26)37-2)19-29(33)31-25-7-3-6-10-28(25)38-20-21-11-13-22(30)14-12-21/h3-18H,19-20H2,1-2H3,(H,31,33). The number of hydrogen-bond donors (Lipinski definition) is 1. The van der Waals surface area contributed by atoms with Crippen molar-refractivity contribution < 1.29 is 22.7 Å². The second kappa shape index (κ2) is 12.9. The van der Waals surface area contributed by atoms with Gasteiger partial charge in [-0.1, -0.05) is 48.0 Å². The van der Waals surface area contributed by atoms with Gasteiger partial charge in [0.25, 0.3) is 10.0 Å². The number of benzene rings is 4. The second-order valence-corrected chi connectivity index (χ2v) is 11.6. The number of anilines is 2. The van der Waals surface area contributed by atoms with Crippen molar-refractivity contribution in [1.82, 2.24) is 0 Å². The molecule has 4 aromatic rings. The average molecular weight is 583 g/mol. The zero-order valence-corrected chi connectivity index (χ0v) is 23.7. The van der Waals surface area contributed by atoms with E-state index >= 15 is 0 Å². The number of hydrogen-bond acceptors (Lipinski definition) is 6. The van der Waals surface area contributed by atoms with E-state index in [4.69, 9.17) is 21.1 Å². The zero-order chi connectivity index (χ0) is 27.8. The lowest BCUT2D eigenvalue weighted by Gasteiger charge is -2.26. The highest BCUT2D eigenvalue weighted by atomic mass is 35.5. The van der Waals surface area contributed by atoms with Crippen LogP contribution in [-0.4, -0.2) is 35.1 Å². The number of nitrogens with one attached hydrogen (secondary N) is 1. The Hall–Kier alpha value is -3.66. The van der Waals surface area contributed by atoms with Crippen molar-refractivity contribution in [2.24, 2.45) is 0 Å². The number of nitrogens with zero attached hydrogens (tertiary/aromatic N) is 1. The third-order valence-electron chi connectivity index (χ3n) is 5.76. The van der Waals surface area contributed by atoms with Gasteiger partial charge in [-0.25, -0.2) is 8.42 Å². The molecule has 0 saturated heterocycles. The Morgan fingerprint density at radius 3 is 2.23 bits per heavy atom. The third-order valence-corrected chi connectivity index (χ3v) is 8.93. The SMILES string of the molecule is COc1ccc(S(=O)(=O)N(CC(=O)Nc2ccccc2SCc2ccc(Cl)cc2)c2ccccc2OC)cc1. The van der Waals surface area contributed by atoms with Crippen molar-refractivity contribution in [1.29, 1.82) is 0 Å². The van der Waals surface area contributed by atoms with E-state index in [0.717, 1.165) is 14.8 Å². The Morgan fingerprint density at radius 2 is 1.54 bits per heavy atom. The van der Waals surface area contributed by atoms with Gasteiger partial charge in [0.05, 0.1) is 30.5 Å². The summed E-state index contributed by atoms with van der Waals surface area (Å²) in [6.07, 6.45) is 0. The van der Waals surface area contributed by atoms with Crippen LogP contribution in [0.1, 0.15) is 5.56 Å². The third kappa shape index (κ3) is 7.06. The van der Waals surface area contributed by atoms with Crippen molar-refractivity contribution >= 4 is 50.7 Å². The van der Waals surface area contributed by atoms with E-state index in [1.165, 1.54) is 26.4 Å². The molecule has 0 heterocycles. The Labute approximate surface area is 237 Å². The van der Waals surface area contributed by atoms with Crippen LogP contribution in [0.25, 0.3) is 0 Å². The van der Waals surface area contributed by atoms with Crippen LogP contribution in [0, 0.1) is 0 Å². The van der Waals surface area contributed by atoms with Crippen LogP contribution >= 0.6 is 23.4 Å². The van der Waals surface area contributed by atoms with E-state index in [1.807, 2.05) is 42.5 Å². The molecule has 10 heteroatoms. The molecule has 7 nitrogen and oxygen atoms in total. The number of amides is 1. The van der Waals surface area contributed by atoms with E-state index in [9.17, 15) is 13.2 Å². The summed E-state index contributed by atoms with van der Waals surface area (Å²) in [6.45, 7) is -0.467. The molecule has 0 unspecified atom stereocenters. The first-order valence-corrected chi connectivity index (χ1v) is 14.7. The highest BCUT2D eigenvalue weighted by molar-refractivity contribution is 7.98. The van der Waals surface area contributed by atoms with Crippen molar-refractivity contribution in [2.45, 2.75) is 15.5 Å². The minimum absolute atomic E-state index is 0.0147. The summed E-state index contributed by atoms with van der Waals surface area (Å²) in [4.78, 5) is 14.2. The largest absolute Gasteiger partial charge is 0.497 e. The van der Waals surface area contributed by atoms with E-state index in [0.29, 0.717) is 28.0 Å². The van der Waals surface area contributed by atoms with Crippen LogP contribution in [0.3, 0.4) is 0 Å². The van der Waals surface area contributed by atoms with Gasteiger partial charge < -0.3 is 14.8 Å². The monoisotopic (exact) mass is 582 g/mol. The van der Waals surface area contributed by atoms with Crippen LogP contribution in [-0.2, 0) is 20.6 Å². The molecule has 0 aromatic heterocycles. The molecule has 0 saturated carbocycles. The predicted molar refractivity (Wildman–Crippen MR) is 157 cm³/mol. The van der Waals surface area contributed by atoms with Crippen LogP contribution in [0.2, 0.25) is 5.02 Å². The smallest absolute Gasteiger partial charge is 0.264 e. The summed E-state index contributed by atoms with van der Waals surface area (Å²) in [6, 6.07) is 27.6. The molecule has 39 heavy (non-hydrogen) atoms. The Morgan fingerprint density at radius 1 is 0.872 bits per heavy atom. The first-order valence-electron chi connectivity index (χ1n) is 11.9. The molecule has 0 fully saturated rings. The van der Waals surface area contributed by atoms with Crippen LogP contribution in [0.15, 0.2) is 107 Å². The van der Waals surface area contributed by atoms with E-state index in [2.05, 4.69) is 5.32 Å². The Kier molecular flexibility index (Phi) is 9.40. The van der Waals surface area contributed by atoms with Crippen molar-refractivity contribution in [3.63, 3.8) is 0 Å². The fourth-order valence-electron chi connectivity index (χ4n) is 3.77. The van der Waals surface area contributed by atoms with Gasteiger partial charge in [0.1, 0.15) is 18.0 Å². The molecular weight excluding hydrogens is 556 g/mol. The highest BCUT2D eigenvalue weighted by Crippen LogP contribution is 2.34. The fraction of sp³-hybridized carbons (Fsp3) is 0.138. The molecule has 0 bridgehead atoms. The number of carbonyl (C=O) groups is 1. The molecule has 202 valence electrons. The van der Waals surface area contributed by atoms with E-state index < -0.39 is 22.5 Å². The van der Waals surface area contributed by atoms with Crippen LogP contribution < -0.4 is 19.1 Å². The molecule has 0 aliphatic heterocycles. The van der Waals surface area contributed by atoms with Crippen molar-refractivity contribution in [3.8, 4) is 11.5 Å². The number of thioether (sulfide) groups is 1. The number of carbonyl (C=O) groups excluding carboxylic acids is 1. The van der Waals surface area contributed by atoms with Gasteiger partial charge in [-0.05, 0) is 66.2 Å². The number of halogens is 1. The van der Waals surface area contributed by atoms with Gasteiger partial charge in [-0.3, -0.25) is 9.10 Å². The molecule has 4 rings (SSSR count). The number of sulfonamides is 1. The van der Waals surface area contributed by atoms with Crippen LogP contribution in [0.4, 0.5) is 11.4 Å². The van der Waals surface area contributed by atoms with Gasteiger partial charge in [0.15, 0.2) is 0 Å². The average Bonchev–Trinajstić information content (AvgIpc) is 2.96. The summed E-state index contributed by atoms with van der Waals surface area (Å²) in [5.74, 6) is 1.01. The summed E-state index contributed by atoms with van der Waals surface area (Å²) in [5.41, 5.74) is 1.91. The molecule has 0 spiro atoms. The number of rotatable bonds is 11. The Balaban J connectivity index is 1.59. The minimum atomic E-state index is -4.14.